The number of benzene rings is 2. The molecular weight excluding hydrogens is 400 g/mol. The van der Waals surface area contributed by atoms with Gasteiger partial charge in [0.25, 0.3) is 0 Å². The van der Waals surface area contributed by atoms with Gasteiger partial charge in [-0.2, -0.15) is 0 Å². The Morgan fingerprint density at radius 3 is 2.59 bits per heavy atom. The molecule has 0 saturated carbocycles. The number of nitrogens with one attached hydrogen (secondary N) is 1. The Labute approximate surface area is 177 Å². The zero-order valence-corrected chi connectivity index (χ0v) is 17.8. The summed E-state index contributed by atoms with van der Waals surface area (Å²) in [6.07, 6.45) is 0. The number of carbonyl (C=O) groups is 1. The highest BCUT2D eigenvalue weighted by Crippen LogP contribution is 2.30. The summed E-state index contributed by atoms with van der Waals surface area (Å²) in [5, 5.41) is 14.4. The van der Waals surface area contributed by atoms with E-state index in [1.165, 1.54) is 17.3 Å². The fourth-order valence-electron chi connectivity index (χ4n) is 2.88. The highest BCUT2D eigenvalue weighted by molar-refractivity contribution is 7.99. The van der Waals surface area contributed by atoms with Gasteiger partial charge in [-0.1, -0.05) is 42.1 Å². The van der Waals surface area contributed by atoms with Crippen molar-refractivity contribution in [3.8, 4) is 16.4 Å². The molecule has 5 nitrogen and oxygen atoms in total. The van der Waals surface area contributed by atoms with Crippen molar-refractivity contribution in [2.24, 2.45) is 0 Å². The SMILES string of the molecule is Cc1ccc(NC(=O)CSc2nnc(-c3cccs3)n2-c2ccccc2)cc1C. The predicted octanol–water partition coefficient (Wildman–Crippen LogP) is 5.34. The Morgan fingerprint density at radius 2 is 1.86 bits per heavy atom. The number of rotatable bonds is 6. The number of anilines is 1. The molecule has 0 aliphatic carbocycles. The Kier molecular flexibility index (Phi) is 5.78. The molecular formula is C22H20N4OS2. The molecule has 29 heavy (non-hydrogen) atoms. The largest absolute Gasteiger partial charge is 0.325 e. The quantitative estimate of drug-likeness (QED) is 0.428. The van der Waals surface area contributed by atoms with Crippen molar-refractivity contribution in [1.82, 2.24) is 14.8 Å². The van der Waals surface area contributed by atoms with Crippen molar-refractivity contribution in [3.63, 3.8) is 0 Å². The Bertz CT molecular complexity index is 1120. The van der Waals surface area contributed by atoms with Crippen LogP contribution in [0.2, 0.25) is 0 Å². The number of hydrogen-bond acceptors (Lipinski definition) is 5. The maximum absolute atomic E-state index is 12.5. The number of hydrogen-bond donors (Lipinski definition) is 1. The Balaban J connectivity index is 1.54. The molecule has 0 fully saturated rings. The molecule has 0 aliphatic rings. The number of aryl methyl sites for hydroxylation is 2. The molecule has 0 saturated heterocycles. The van der Waals surface area contributed by atoms with Gasteiger partial charge in [0.2, 0.25) is 5.91 Å². The predicted molar refractivity (Wildman–Crippen MR) is 120 cm³/mol. The van der Waals surface area contributed by atoms with E-state index < -0.39 is 0 Å². The zero-order chi connectivity index (χ0) is 20.2. The summed E-state index contributed by atoms with van der Waals surface area (Å²) in [7, 11) is 0. The van der Waals surface area contributed by atoms with E-state index in [1.54, 1.807) is 11.3 Å². The molecule has 1 N–H and O–H groups in total. The van der Waals surface area contributed by atoms with Crippen molar-refractivity contribution in [1.29, 1.82) is 0 Å². The molecule has 0 unspecified atom stereocenters. The monoisotopic (exact) mass is 420 g/mol. The van der Waals surface area contributed by atoms with E-state index in [2.05, 4.69) is 22.4 Å². The van der Waals surface area contributed by atoms with E-state index in [0.29, 0.717) is 5.16 Å². The van der Waals surface area contributed by atoms with E-state index >= 15 is 0 Å². The number of carbonyl (C=O) groups excluding carboxylic acids is 1. The molecule has 2 heterocycles. The molecule has 2 aromatic heterocycles. The van der Waals surface area contributed by atoms with Crippen molar-refractivity contribution >= 4 is 34.7 Å². The first-order valence-corrected chi connectivity index (χ1v) is 11.0. The van der Waals surface area contributed by atoms with Crippen molar-refractivity contribution in [3.05, 3.63) is 77.2 Å². The Hall–Kier alpha value is -2.90. The van der Waals surface area contributed by atoms with Gasteiger partial charge in [-0.25, -0.2) is 0 Å². The van der Waals surface area contributed by atoms with Gasteiger partial charge >= 0.3 is 0 Å². The molecule has 1 amide bonds. The third-order valence-corrected chi connectivity index (χ3v) is 6.31. The van der Waals surface area contributed by atoms with Crippen LogP contribution in [0.5, 0.6) is 0 Å². The normalized spacial score (nSPS) is 10.8. The van der Waals surface area contributed by atoms with Crippen LogP contribution in [0.25, 0.3) is 16.4 Å². The first-order chi connectivity index (χ1) is 14.1. The molecule has 4 aromatic rings. The van der Waals surface area contributed by atoms with Crippen LogP contribution in [0.1, 0.15) is 11.1 Å². The zero-order valence-electron chi connectivity index (χ0n) is 16.1. The van der Waals surface area contributed by atoms with Crippen LogP contribution in [0.15, 0.2) is 71.2 Å². The van der Waals surface area contributed by atoms with E-state index in [4.69, 9.17) is 0 Å². The number of thioether (sulfide) groups is 1. The molecule has 0 bridgehead atoms. The molecule has 0 aliphatic heterocycles. The highest BCUT2D eigenvalue weighted by atomic mass is 32.2. The molecule has 0 spiro atoms. The summed E-state index contributed by atoms with van der Waals surface area (Å²) in [4.78, 5) is 13.5. The van der Waals surface area contributed by atoms with E-state index in [9.17, 15) is 4.79 Å². The average molecular weight is 421 g/mol. The summed E-state index contributed by atoms with van der Waals surface area (Å²) in [5.41, 5.74) is 4.13. The van der Waals surface area contributed by atoms with Crippen LogP contribution in [0.3, 0.4) is 0 Å². The maximum atomic E-state index is 12.5. The smallest absolute Gasteiger partial charge is 0.234 e. The fraction of sp³-hybridized carbons (Fsp3) is 0.136. The van der Waals surface area contributed by atoms with E-state index in [0.717, 1.165) is 27.6 Å². The third kappa shape index (κ3) is 4.41. The van der Waals surface area contributed by atoms with Crippen LogP contribution in [0.4, 0.5) is 5.69 Å². The van der Waals surface area contributed by atoms with Crippen molar-refractivity contribution in [2.45, 2.75) is 19.0 Å². The summed E-state index contributed by atoms with van der Waals surface area (Å²) in [6, 6.07) is 19.9. The van der Waals surface area contributed by atoms with Gasteiger partial charge in [-0.3, -0.25) is 9.36 Å². The first kappa shape index (κ1) is 19.4. The van der Waals surface area contributed by atoms with Gasteiger partial charge < -0.3 is 5.32 Å². The van der Waals surface area contributed by atoms with Crippen molar-refractivity contribution in [2.75, 3.05) is 11.1 Å². The minimum atomic E-state index is -0.0708. The van der Waals surface area contributed by atoms with Gasteiger partial charge in [-0.15, -0.1) is 21.5 Å². The van der Waals surface area contributed by atoms with E-state index in [-0.39, 0.29) is 11.7 Å². The van der Waals surface area contributed by atoms with Crippen molar-refractivity contribution < 1.29 is 4.79 Å². The third-order valence-electron chi connectivity index (χ3n) is 4.51. The Morgan fingerprint density at radius 1 is 1.03 bits per heavy atom. The number of amides is 1. The number of aromatic nitrogens is 3. The van der Waals surface area contributed by atoms with Gasteiger partial charge in [0, 0.05) is 11.4 Å². The molecule has 0 radical (unpaired) electrons. The fourth-order valence-corrected chi connectivity index (χ4v) is 4.34. The lowest BCUT2D eigenvalue weighted by Crippen LogP contribution is -2.14. The lowest BCUT2D eigenvalue weighted by atomic mass is 10.1. The minimum absolute atomic E-state index is 0.0708. The topological polar surface area (TPSA) is 59.8 Å². The second kappa shape index (κ2) is 8.63. The summed E-state index contributed by atoms with van der Waals surface area (Å²) < 4.78 is 2.00. The van der Waals surface area contributed by atoms with Crippen LogP contribution in [-0.2, 0) is 4.79 Å². The lowest BCUT2D eigenvalue weighted by molar-refractivity contribution is -0.113. The molecule has 146 valence electrons. The summed E-state index contributed by atoms with van der Waals surface area (Å²) in [5.74, 6) is 0.962. The number of thiophene rings is 1. The summed E-state index contributed by atoms with van der Waals surface area (Å²) in [6.45, 7) is 4.09. The van der Waals surface area contributed by atoms with Gasteiger partial charge in [0.15, 0.2) is 11.0 Å². The number of nitrogens with zero attached hydrogens (tertiary/aromatic N) is 3. The van der Waals surface area contributed by atoms with Crippen LogP contribution in [-0.4, -0.2) is 26.4 Å². The number of para-hydroxylation sites is 1. The van der Waals surface area contributed by atoms with Crippen LogP contribution >= 0.6 is 23.1 Å². The molecule has 4 rings (SSSR count). The van der Waals surface area contributed by atoms with Crippen LogP contribution in [0, 0.1) is 13.8 Å². The van der Waals surface area contributed by atoms with E-state index in [1.807, 2.05) is 77.5 Å². The van der Waals surface area contributed by atoms with Crippen LogP contribution < -0.4 is 5.32 Å². The lowest BCUT2D eigenvalue weighted by Gasteiger charge is -2.10. The van der Waals surface area contributed by atoms with Gasteiger partial charge in [-0.05, 0) is 60.7 Å². The highest BCUT2D eigenvalue weighted by Gasteiger charge is 2.17. The first-order valence-electron chi connectivity index (χ1n) is 9.16. The second-order valence-corrected chi connectivity index (χ2v) is 8.48. The molecule has 2 aromatic carbocycles. The average Bonchev–Trinajstić information content (AvgIpc) is 3.39. The molecule has 0 atom stereocenters. The molecule has 7 heteroatoms. The maximum Gasteiger partial charge on any atom is 0.234 e. The summed E-state index contributed by atoms with van der Waals surface area (Å²) >= 11 is 2.99. The standard InChI is InChI=1S/C22H20N4OS2/c1-15-10-11-17(13-16(15)2)23-20(27)14-29-22-25-24-21(19-9-6-12-28-19)26(22)18-7-4-3-5-8-18/h3-13H,14H2,1-2H3,(H,23,27). The second-order valence-electron chi connectivity index (χ2n) is 6.59. The van der Waals surface area contributed by atoms with Gasteiger partial charge in [0.1, 0.15) is 0 Å². The minimum Gasteiger partial charge on any atom is -0.325 e. The van der Waals surface area contributed by atoms with Gasteiger partial charge in [0.05, 0.1) is 10.6 Å².